The average molecular weight is 476 g/mol. The van der Waals surface area contributed by atoms with Crippen LogP contribution >= 0.6 is 15.9 Å². The van der Waals surface area contributed by atoms with Gasteiger partial charge in [-0.25, -0.2) is 0 Å². The molecule has 0 atom stereocenters. The minimum Gasteiger partial charge on any atom is -0.497 e. The molecule has 0 radical (unpaired) electrons. The summed E-state index contributed by atoms with van der Waals surface area (Å²) in [5.74, 6) is 0.155. The summed E-state index contributed by atoms with van der Waals surface area (Å²) < 4.78 is 11.8. The van der Waals surface area contributed by atoms with Crippen LogP contribution in [-0.2, 0) is 4.79 Å². The van der Waals surface area contributed by atoms with Crippen LogP contribution in [0.2, 0.25) is 0 Å². The monoisotopic (exact) mass is 475 g/mol. The largest absolute Gasteiger partial charge is 0.497 e. The van der Waals surface area contributed by atoms with Crippen LogP contribution < -0.4 is 10.1 Å². The fraction of sp³-hybridized carbons (Fsp3) is 0.0400. The topological polar surface area (TPSA) is 68.5 Å². The van der Waals surface area contributed by atoms with Gasteiger partial charge in [-0.2, -0.15) is 0 Å². The van der Waals surface area contributed by atoms with Gasteiger partial charge in [0, 0.05) is 21.5 Å². The normalized spacial score (nSPS) is 11.0. The first kappa shape index (κ1) is 20.6. The van der Waals surface area contributed by atoms with Crippen molar-refractivity contribution in [1.82, 2.24) is 0 Å². The van der Waals surface area contributed by atoms with Crippen LogP contribution in [0.5, 0.6) is 5.75 Å². The van der Waals surface area contributed by atoms with Gasteiger partial charge in [0.05, 0.1) is 12.8 Å². The minimum atomic E-state index is -0.368. The Balaban J connectivity index is 1.63. The molecule has 1 aromatic heterocycles. The van der Waals surface area contributed by atoms with Gasteiger partial charge in [-0.05, 0) is 60.2 Å². The number of benzene rings is 3. The molecule has 0 aliphatic rings. The van der Waals surface area contributed by atoms with Crippen molar-refractivity contribution >= 4 is 50.4 Å². The first-order chi connectivity index (χ1) is 15.0. The van der Waals surface area contributed by atoms with E-state index < -0.39 is 0 Å². The first-order valence-corrected chi connectivity index (χ1v) is 10.3. The summed E-state index contributed by atoms with van der Waals surface area (Å²) in [4.78, 5) is 25.7. The third-order valence-electron chi connectivity index (χ3n) is 4.70. The van der Waals surface area contributed by atoms with E-state index in [9.17, 15) is 9.59 Å². The van der Waals surface area contributed by atoms with E-state index in [2.05, 4.69) is 21.2 Å². The van der Waals surface area contributed by atoms with E-state index in [0.717, 1.165) is 15.8 Å². The summed E-state index contributed by atoms with van der Waals surface area (Å²) in [5.41, 5.74) is 2.19. The molecule has 0 unspecified atom stereocenters. The second-order valence-corrected chi connectivity index (χ2v) is 7.65. The van der Waals surface area contributed by atoms with E-state index in [1.165, 1.54) is 6.08 Å². The quantitative estimate of drug-likeness (QED) is 0.270. The van der Waals surface area contributed by atoms with E-state index in [-0.39, 0.29) is 17.5 Å². The molecule has 154 valence electrons. The van der Waals surface area contributed by atoms with Crippen molar-refractivity contribution in [3.63, 3.8) is 0 Å². The highest BCUT2D eigenvalue weighted by Crippen LogP contribution is 2.32. The van der Waals surface area contributed by atoms with Gasteiger partial charge in [-0.1, -0.05) is 40.2 Å². The van der Waals surface area contributed by atoms with Crippen molar-refractivity contribution < 1.29 is 18.7 Å². The SMILES string of the molecule is COc1ccc(/C=C/C(=O)Nc2c(C(=O)c3ccc(Br)cc3)oc3ccccc23)cc1. The summed E-state index contributed by atoms with van der Waals surface area (Å²) in [6.07, 6.45) is 3.10. The van der Waals surface area contributed by atoms with Crippen LogP contribution in [0.4, 0.5) is 5.69 Å². The van der Waals surface area contributed by atoms with E-state index in [4.69, 9.17) is 9.15 Å². The molecule has 1 heterocycles. The Labute approximate surface area is 187 Å². The number of furan rings is 1. The molecular weight excluding hydrogens is 458 g/mol. The highest BCUT2D eigenvalue weighted by Gasteiger charge is 2.22. The molecule has 0 saturated carbocycles. The van der Waals surface area contributed by atoms with Crippen molar-refractivity contribution in [2.24, 2.45) is 0 Å². The predicted molar refractivity (Wildman–Crippen MR) is 124 cm³/mol. The molecule has 4 aromatic rings. The maximum Gasteiger partial charge on any atom is 0.248 e. The van der Waals surface area contributed by atoms with Gasteiger partial charge in [-0.3, -0.25) is 9.59 Å². The minimum absolute atomic E-state index is 0.0923. The average Bonchev–Trinajstić information content (AvgIpc) is 3.16. The van der Waals surface area contributed by atoms with Gasteiger partial charge in [0.15, 0.2) is 5.76 Å². The van der Waals surface area contributed by atoms with Crippen molar-refractivity contribution in [1.29, 1.82) is 0 Å². The van der Waals surface area contributed by atoms with E-state index in [1.54, 1.807) is 49.6 Å². The fourth-order valence-corrected chi connectivity index (χ4v) is 3.38. The van der Waals surface area contributed by atoms with Crippen LogP contribution in [0.3, 0.4) is 0 Å². The van der Waals surface area contributed by atoms with E-state index in [1.807, 2.05) is 36.4 Å². The molecule has 31 heavy (non-hydrogen) atoms. The van der Waals surface area contributed by atoms with Crippen molar-refractivity contribution in [3.8, 4) is 5.75 Å². The Kier molecular flexibility index (Phi) is 6.00. The maximum atomic E-state index is 13.1. The molecule has 3 aromatic carbocycles. The molecule has 4 rings (SSSR count). The Morgan fingerprint density at radius 3 is 2.39 bits per heavy atom. The van der Waals surface area contributed by atoms with Crippen LogP contribution in [0.15, 0.2) is 87.8 Å². The second-order valence-electron chi connectivity index (χ2n) is 6.73. The molecule has 0 aliphatic heterocycles. The highest BCUT2D eigenvalue weighted by molar-refractivity contribution is 9.10. The van der Waals surface area contributed by atoms with E-state index >= 15 is 0 Å². The number of halogens is 1. The van der Waals surface area contributed by atoms with Crippen LogP contribution in [-0.4, -0.2) is 18.8 Å². The zero-order valence-electron chi connectivity index (χ0n) is 16.6. The number of ketones is 1. The number of nitrogens with one attached hydrogen (secondary N) is 1. The molecule has 0 saturated heterocycles. The molecular formula is C25H18BrNO4. The summed E-state index contributed by atoms with van der Waals surface area (Å²) in [5, 5.41) is 3.48. The molecule has 0 aliphatic carbocycles. The van der Waals surface area contributed by atoms with Gasteiger partial charge in [0.2, 0.25) is 11.7 Å². The second kappa shape index (κ2) is 9.02. The van der Waals surface area contributed by atoms with Crippen molar-refractivity contribution in [2.45, 2.75) is 0 Å². The standard InChI is InChI=1S/C25H18BrNO4/c1-30-19-13-6-16(7-14-19)8-15-22(28)27-23-20-4-2-3-5-21(20)31-25(23)24(29)17-9-11-18(26)12-10-17/h2-15H,1H3,(H,27,28)/b15-8+. The summed E-state index contributed by atoms with van der Waals surface area (Å²) in [6, 6.07) is 21.5. The molecule has 0 fully saturated rings. The number of methoxy groups -OCH3 is 1. The number of hydrogen-bond acceptors (Lipinski definition) is 4. The van der Waals surface area contributed by atoms with E-state index in [0.29, 0.717) is 22.2 Å². The summed E-state index contributed by atoms with van der Waals surface area (Å²) in [6.45, 7) is 0. The van der Waals surface area contributed by atoms with Gasteiger partial charge in [-0.15, -0.1) is 0 Å². The van der Waals surface area contributed by atoms with Crippen LogP contribution in [0, 0.1) is 0 Å². The third-order valence-corrected chi connectivity index (χ3v) is 5.23. The van der Waals surface area contributed by atoms with Crippen LogP contribution in [0.25, 0.3) is 17.0 Å². The lowest BCUT2D eigenvalue weighted by atomic mass is 10.1. The highest BCUT2D eigenvalue weighted by atomic mass is 79.9. The number of hydrogen-bond donors (Lipinski definition) is 1. The Hall–Kier alpha value is -3.64. The number of ether oxygens (including phenoxy) is 1. The Morgan fingerprint density at radius 2 is 1.68 bits per heavy atom. The lowest BCUT2D eigenvalue weighted by Gasteiger charge is -2.04. The van der Waals surface area contributed by atoms with Crippen molar-refractivity contribution in [2.75, 3.05) is 12.4 Å². The summed E-state index contributed by atoms with van der Waals surface area (Å²) in [7, 11) is 1.60. The Morgan fingerprint density at radius 1 is 0.968 bits per heavy atom. The lowest BCUT2D eigenvalue weighted by molar-refractivity contribution is -0.111. The number of fused-ring (bicyclic) bond motifs is 1. The van der Waals surface area contributed by atoms with Gasteiger partial charge in [0.1, 0.15) is 11.3 Å². The predicted octanol–water partition coefficient (Wildman–Crippen LogP) is 6.09. The molecule has 0 bridgehead atoms. The number of carbonyl (C=O) groups excluding carboxylic acids is 2. The number of carbonyl (C=O) groups is 2. The number of amides is 1. The molecule has 5 nitrogen and oxygen atoms in total. The van der Waals surface area contributed by atoms with Crippen LogP contribution in [0.1, 0.15) is 21.7 Å². The third kappa shape index (κ3) is 4.59. The number of anilines is 1. The molecule has 6 heteroatoms. The molecule has 1 N–H and O–H groups in total. The zero-order chi connectivity index (χ0) is 21.8. The number of para-hydroxylation sites is 1. The maximum absolute atomic E-state index is 13.1. The smallest absolute Gasteiger partial charge is 0.248 e. The zero-order valence-corrected chi connectivity index (χ0v) is 18.2. The molecule has 1 amide bonds. The van der Waals surface area contributed by atoms with Crippen molar-refractivity contribution in [3.05, 3.63) is 100 Å². The number of rotatable bonds is 6. The van der Waals surface area contributed by atoms with Gasteiger partial charge < -0.3 is 14.5 Å². The molecule has 0 spiro atoms. The Bertz CT molecular complexity index is 1270. The fourth-order valence-electron chi connectivity index (χ4n) is 3.11. The van der Waals surface area contributed by atoms with Gasteiger partial charge >= 0.3 is 0 Å². The van der Waals surface area contributed by atoms with Gasteiger partial charge in [0.25, 0.3) is 0 Å². The lowest BCUT2D eigenvalue weighted by Crippen LogP contribution is -2.11. The first-order valence-electron chi connectivity index (χ1n) is 9.50. The summed E-state index contributed by atoms with van der Waals surface area (Å²) >= 11 is 3.36.